The Bertz CT molecular complexity index is 292. The summed E-state index contributed by atoms with van der Waals surface area (Å²) in [5.74, 6) is 1.01. The lowest BCUT2D eigenvalue weighted by atomic mass is 9.79. The van der Waals surface area contributed by atoms with Gasteiger partial charge < -0.3 is 10.0 Å². The van der Waals surface area contributed by atoms with Crippen molar-refractivity contribution in [3.05, 3.63) is 0 Å². The van der Waals surface area contributed by atoms with Gasteiger partial charge in [0.15, 0.2) is 9.84 Å². The minimum absolute atomic E-state index is 0.138. The zero-order valence-electron chi connectivity index (χ0n) is 8.39. The van der Waals surface area contributed by atoms with Gasteiger partial charge in [-0.3, -0.25) is 0 Å². The molecule has 0 saturated carbocycles. The fourth-order valence-electron chi connectivity index (χ4n) is 2.90. The summed E-state index contributed by atoms with van der Waals surface area (Å²) in [4.78, 5) is 2.18. The molecule has 2 fully saturated rings. The SMILES string of the molecule is CN1CC2CS(=O)(=O)CC(C1)C2CO. The van der Waals surface area contributed by atoms with Gasteiger partial charge >= 0.3 is 0 Å². The van der Waals surface area contributed by atoms with Crippen molar-refractivity contribution >= 4 is 9.84 Å². The molecule has 2 unspecified atom stereocenters. The summed E-state index contributed by atoms with van der Waals surface area (Å²) in [5, 5.41) is 9.24. The lowest BCUT2D eigenvalue weighted by molar-refractivity contribution is 0.0496. The quantitative estimate of drug-likeness (QED) is 0.627. The summed E-state index contributed by atoms with van der Waals surface area (Å²) >= 11 is 0. The van der Waals surface area contributed by atoms with E-state index in [1.54, 1.807) is 0 Å². The smallest absolute Gasteiger partial charge is 0.150 e. The Morgan fingerprint density at radius 2 is 1.79 bits per heavy atom. The predicted molar refractivity (Wildman–Crippen MR) is 53.7 cm³/mol. The van der Waals surface area contributed by atoms with Crippen molar-refractivity contribution in [3.8, 4) is 0 Å². The van der Waals surface area contributed by atoms with Gasteiger partial charge in [-0.25, -0.2) is 8.42 Å². The summed E-state index contributed by atoms with van der Waals surface area (Å²) in [5.41, 5.74) is 0. The molecule has 2 bridgehead atoms. The molecule has 2 atom stereocenters. The Kier molecular flexibility index (Phi) is 2.57. The van der Waals surface area contributed by atoms with Crippen LogP contribution in [0.25, 0.3) is 0 Å². The van der Waals surface area contributed by atoms with E-state index in [2.05, 4.69) is 4.90 Å². The van der Waals surface area contributed by atoms with Gasteiger partial charge in [-0.1, -0.05) is 0 Å². The second kappa shape index (κ2) is 3.47. The van der Waals surface area contributed by atoms with Crippen LogP contribution >= 0.6 is 0 Å². The van der Waals surface area contributed by atoms with Gasteiger partial charge in [-0.15, -0.1) is 0 Å². The van der Waals surface area contributed by atoms with Crippen LogP contribution in [0.2, 0.25) is 0 Å². The lowest BCUT2D eigenvalue weighted by Crippen LogP contribution is -2.54. The number of fused-ring (bicyclic) bond motifs is 2. The van der Waals surface area contributed by atoms with E-state index >= 15 is 0 Å². The Morgan fingerprint density at radius 3 is 2.21 bits per heavy atom. The molecule has 0 aromatic heterocycles. The van der Waals surface area contributed by atoms with Gasteiger partial charge in [0.05, 0.1) is 11.5 Å². The molecular weight excluding hydrogens is 202 g/mol. The molecule has 2 heterocycles. The maximum absolute atomic E-state index is 11.5. The highest BCUT2D eigenvalue weighted by molar-refractivity contribution is 7.91. The third-order valence-corrected chi connectivity index (χ3v) is 5.32. The highest BCUT2D eigenvalue weighted by Crippen LogP contribution is 2.34. The first kappa shape index (κ1) is 10.4. The number of aliphatic hydroxyl groups excluding tert-OH is 1. The van der Waals surface area contributed by atoms with Crippen molar-refractivity contribution in [1.29, 1.82) is 0 Å². The maximum Gasteiger partial charge on any atom is 0.150 e. The Morgan fingerprint density at radius 1 is 1.29 bits per heavy atom. The number of rotatable bonds is 1. The van der Waals surface area contributed by atoms with E-state index in [1.165, 1.54) is 0 Å². The normalized spacial score (nSPS) is 42.3. The molecule has 0 aliphatic carbocycles. The predicted octanol–water partition coefficient (Wildman–Crippen LogP) is -0.799. The van der Waals surface area contributed by atoms with E-state index in [-0.39, 0.29) is 35.9 Å². The van der Waals surface area contributed by atoms with Crippen molar-refractivity contribution in [2.75, 3.05) is 38.2 Å². The van der Waals surface area contributed by atoms with Crippen molar-refractivity contribution in [2.45, 2.75) is 0 Å². The van der Waals surface area contributed by atoms with E-state index in [0.717, 1.165) is 13.1 Å². The minimum atomic E-state index is -2.85. The van der Waals surface area contributed by atoms with Gasteiger partial charge in [0.1, 0.15) is 0 Å². The molecule has 2 saturated heterocycles. The van der Waals surface area contributed by atoms with Crippen LogP contribution in [0, 0.1) is 17.8 Å². The Balaban J connectivity index is 2.22. The van der Waals surface area contributed by atoms with Gasteiger partial charge in [0.25, 0.3) is 0 Å². The monoisotopic (exact) mass is 219 g/mol. The maximum atomic E-state index is 11.5. The lowest BCUT2D eigenvalue weighted by Gasteiger charge is -2.45. The van der Waals surface area contributed by atoms with Crippen LogP contribution in [0.4, 0.5) is 0 Å². The average molecular weight is 219 g/mol. The summed E-state index contributed by atoms with van der Waals surface area (Å²) in [7, 11) is -0.827. The number of piperidine rings is 1. The first-order valence-corrected chi connectivity index (χ1v) is 6.84. The summed E-state index contributed by atoms with van der Waals surface area (Å²) in [6, 6.07) is 0. The van der Waals surface area contributed by atoms with Gasteiger partial charge in [-0.05, 0) is 24.8 Å². The van der Waals surface area contributed by atoms with E-state index in [1.807, 2.05) is 7.05 Å². The molecule has 1 N–H and O–H groups in total. The standard InChI is InChI=1S/C9H17NO3S/c1-10-2-7-5-14(12,13)6-8(3-10)9(7)4-11/h7-9,11H,2-6H2,1H3. The third kappa shape index (κ3) is 1.81. The summed E-state index contributed by atoms with van der Waals surface area (Å²) in [6.07, 6.45) is 0. The van der Waals surface area contributed by atoms with Gasteiger partial charge in [0, 0.05) is 19.7 Å². The third-order valence-electron chi connectivity index (χ3n) is 3.45. The van der Waals surface area contributed by atoms with Crippen LogP contribution in [0.3, 0.4) is 0 Å². The molecule has 0 aromatic carbocycles. The van der Waals surface area contributed by atoms with E-state index in [0.29, 0.717) is 0 Å². The average Bonchev–Trinajstić information content (AvgIpc) is 1.99. The van der Waals surface area contributed by atoms with Crippen LogP contribution in [0.15, 0.2) is 0 Å². The van der Waals surface area contributed by atoms with Crippen LogP contribution in [-0.2, 0) is 9.84 Å². The molecule has 82 valence electrons. The van der Waals surface area contributed by atoms with Crippen molar-refractivity contribution in [2.24, 2.45) is 17.8 Å². The molecular formula is C9H17NO3S. The van der Waals surface area contributed by atoms with Gasteiger partial charge in [-0.2, -0.15) is 0 Å². The first-order valence-electron chi connectivity index (χ1n) is 5.01. The van der Waals surface area contributed by atoms with E-state index < -0.39 is 9.84 Å². The number of aliphatic hydroxyl groups is 1. The van der Waals surface area contributed by atoms with Crippen LogP contribution < -0.4 is 0 Å². The Hall–Kier alpha value is -0.130. The van der Waals surface area contributed by atoms with Crippen molar-refractivity contribution in [3.63, 3.8) is 0 Å². The largest absolute Gasteiger partial charge is 0.396 e. The zero-order valence-corrected chi connectivity index (χ0v) is 9.20. The van der Waals surface area contributed by atoms with Crippen molar-refractivity contribution in [1.82, 2.24) is 4.90 Å². The molecule has 2 rings (SSSR count). The number of hydrogen-bond donors (Lipinski definition) is 1. The summed E-state index contributed by atoms with van der Waals surface area (Å²) < 4.78 is 23.1. The summed E-state index contributed by atoms with van der Waals surface area (Å²) in [6.45, 7) is 1.75. The fraction of sp³-hybridized carbons (Fsp3) is 1.00. The molecule has 0 aromatic rings. The molecule has 0 amide bonds. The molecule has 2 aliphatic rings. The van der Waals surface area contributed by atoms with E-state index in [9.17, 15) is 13.5 Å². The van der Waals surface area contributed by atoms with Crippen LogP contribution in [0.1, 0.15) is 0 Å². The second-order valence-electron chi connectivity index (χ2n) is 4.66. The fourth-order valence-corrected chi connectivity index (χ4v) is 5.05. The van der Waals surface area contributed by atoms with Crippen LogP contribution in [0.5, 0.6) is 0 Å². The van der Waals surface area contributed by atoms with Crippen molar-refractivity contribution < 1.29 is 13.5 Å². The molecule has 0 radical (unpaired) electrons. The topological polar surface area (TPSA) is 57.6 Å². The highest BCUT2D eigenvalue weighted by Gasteiger charge is 2.43. The number of sulfone groups is 1. The molecule has 14 heavy (non-hydrogen) atoms. The number of likely N-dealkylation sites (tertiary alicyclic amines) is 1. The zero-order chi connectivity index (χ0) is 10.3. The van der Waals surface area contributed by atoms with Gasteiger partial charge in [0.2, 0.25) is 0 Å². The minimum Gasteiger partial charge on any atom is -0.396 e. The Labute approximate surface area is 84.8 Å². The number of hydrogen-bond acceptors (Lipinski definition) is 4. The number of nitrogens with zero attached hydrogens (tertiary/aromatic N) is 1. The first-order chi connectivity index (χ1) is 6.52. The molecule has 0 spiro atoms. The van der Waals surface area contributed by atoms with E-state index in [4.69, 9.17) is 0 Å². The molecule has 4 nitrogen and oxygen atoms in total. The highest BCUT2D eigenvalue weighted by atomic mass is 32.2. The molecule has 2 aliphatic heterocycles. The second-order valence-corrected chi connectivity index (χ2v) is 6.82. The van der Waals surface area contributed by atoms with Crippen LogP contribution in [-0.4, -0.2) is 56.7 Å². The molecule has 5 heteroatoms.